The van der Waals surface area contributed by atoms with E-state index in [2.05, 4.69) is 5.32 Å². The molecular formula is C10H19N3O. The lowest BCUT2D eigenvalue weighted by atomic mass is 10.3. The first kappa shape index (κ1) is 12.9. The molecule has 0 fully saturated rings. The van der Waals surface area contributed by atoms with E-state index in [1.54, 1.807) is 0 Å². The predicted molar refractivity (Wildman–Crippen MR) is 55.6 cm³/mol. The molecule has 14 heavy (non-hydrogen) atoms. The normalized spacial score (nSPS) is 9.50. The molecule has 0 unspecified atom stereocenters. The van der Waals surface area contributed by atoms with Gasteiger partial charge >= 0.3 is 0 Å². The number of amides is 1. The van der Waals surface area contributed by atoms with Crippen molar-refractivity contribution in [2.45, 2.75) is 26.7 Å². The Balaban J connectivity index is 3.48. The fraction of sp³-hybridized carbons (Fsp3) is 0.800. The Morgan fingerprint density at radius 1 is 1.36 bits per heavy atom. The maximum absolute atomic E-state index is 11.5. The molecule has 0 aromatic rings. The largest absolute Gasteiger partial charge is 0.343 e. The maximum Gasteiger partial charge on any atom is 0.223 e. The Morgan fingerprint density at radius 2 is 2.00 bits per heavy atom. The van der Waals surface area contributed by atoms with Crippen LogP contribution in [0.2, 0.25) is 0 Å². The van der Waals surface area contributed by atoms with Gasteiger partial charge < -0.3 is 10.2 Å². The molecule has 0 saturated heterocycles. The van der Waals surface area contributed by atoms with Crippen LogP contribution in [0, 0.1) is 11.3 Å². The minimum atomic E-state index is 0.180. The summed E-state index contributed by atoms with van der Waals surface area (Å²) in [5.74, 6) is 0.180. The van der Waals surface area contributed by atoms with Gasteiger partial charge in [-0.15, -0.1) is 0 Å². The van der Waals surface area contributed by atoms with Crippen LogP contribution < -0.4 is 5.32 Å². The summed E-state index contributed by atoms with van der Waals surface area (Å²) in [4.78, 5) is 13.3. The molecule has 1 N–H and O–H groups in total. The summed E-state index contributed by atoms with van der Waals surface area (Å²) in [5, 5.41) is 11.3. The van der Waals surface area contributed by atoms with Crippen molar-refractivity contribution in [3.63, 3.8) is 0 Å². The van der Waals surface area contributed by atoms with E-state index in [0.29, 0.717) is 25.9 Å². The third kappa shape index (κ3) is 5.55. The van der Waals surface area contributed by atoms with Gasteiger partial charge in [-0.2, -0.15) is 5.26 Å². The molecule has 1 amide bonds. The zero-order valence-electron chi connectivity index (χ0n) is 9.05. The van der Waals surface area contributed by atoms with Gasteiger partial charge in [0.05, 0.1) is 6.07 Å². The lowest BCUT2D eigenvalue weighted by Crippen LogP contribution is -2.33. The van der Waals surface area contributed by atoms with Crippen LogP contribution in [-0.2, 0) is 4.79 Å². The molecule has 4 heteroatoms. The van der Waals surface area contributed by atoms with E-state index in [1.165, 1.54) is 0 Å². The highest BCUT2D eigenvalue weighted by molar-refractivity contribution is 5.76. The van der Waals surface area contributed by atoms with Crippen molar-refractivity contribution in [1.29, 1.82) is 5.26 Å². The first-order valence-electron chi connectivity index (χ1n) is 5.11. The summed E-state index contributed by atoms with van der Waals surface area (Å²) in [7, 11) is 0. The van der Waals surface area contributed by atoms with Gasteiger partial charge in [0.2, 0.25) is 5.91 Å². The van der Waals surface area contributed by atoms with Crippen molar-refractivity contribution in [1.82, 2.24) is 10.2 Å². The highest BCUT2D eigenvalue weighted by Crippen LogP contribution is 1.92. The number of nitrogens with one attached hydrogen (secondary N) is 1. The molecular weight excluding hydrogens is 178 g/mol. The van der Waals surface area contributed by atoms with Crippen molar-refractivity contribution in [2.75, 3.05) is 26.2 Å². The van der Waals surface area contributed by atoms with E-state index >= 15 is 0 Å². The zero-order chi connectivity index (χ0) is 10.8. The standard InChI is InChI=1S/C10H19N3O/c1-3-13(4-2)10(14)6-9-12-8-5-7-11/h12H,3-6,8-9H2,1-2H3. The lowest BCUT2D eigenvalue weighted by molar-refractivity contribution is -0.130. The molecule has 0 saturated carbocycles. The number of hydrogen-bond acceptors (Lipinski definition) is 3. The molecule has 0 atom stereocenters. The third-order valence-electron chi connectivity index (χ3n) is 2.05. The van der Waals surface area contributed by atoms with Crippen LogP contribution in [0.1, 0.15) is 26.7 Å². The molecule has 0 aliphatic carbocycles. The molecule has 0 rings (SSSR count). The van der Waals surface area contributed by atoms with Crippen LogP contribution in [0.3, 0.4) is 0 Å². The Kier molecular flexibility index (Phi) is 7.86. The maximum atomic E-state index is 11.5. The van der Waals surface area contributed by atoms with Crippen LogP contribution in [-0.4, -0.2) is 37.0 Å². The van der Waals surface area contributed by atoms with Gasteiger partial charge in [0.15, 0.2) is 0 Å². The van der Waals surface area contributed by atoms with Crippen LogP contribution in [0.15, 0.2) is 0 Å². The smallest absolute Gasteiger partial charge is 0.223 e. The predicted octanol–water partition coefficient (Wildman–Crippen LogP) is 0.748. The van der Waals surface area contributed by atoms with Crippen LogP contribution >= 0.6 is 0 Å². The summed E-state index contributed by atoms with van der Waals surface area (Å²) in [6, 6.07) is 2.04. The van der Waals surface area contributed by atoms with Crippen LogP contribution in [0.25, 0.3) is 0 Å². The van der Waals surface area contributed by atoms with E-state index in [0.717, 1.165) is 13.1 Å². The van der Waals surface area contributed by atoms with Gasteiger partial charge in [0.1, 0.15) is 0 Å². The number of nitrogens with zero attached hydrogens (tertiary/aromatic N) is 2. The highest BCUT2D eigenvalue weighted by atomic mass is 16.2. The minimum Gasteiger partial charge on any atom is -0.343 e. The molecule has 0 aromatic carbocycles. The van der Waals surface area contributed by atoms with Gasteiger partial charge in [-0.1, -0.05) is 0 Å². The summed E-state index contributed by atoms with van der Waals surface area (Å²) in [6.07, 6.45) is 1.02. The average Bonchev–Trinajstić information content (AvgIpc) is 2.19. The van der Waals surface area contributed by atoms with Crippen LogP contribution in [0.4, 0.5) is 0 Å². The molecule has 4 nitrogen and oxygen atoms in total. The average molecular weight is 197 g/mol. The topological polar surface area (TPSA) is 56.1 Å². The molecule has 80 valence electrons. The van der Waals surface area contributed by atoms with Gasteiger partial charge in [0, 0.05) is 39.0 Å². The molecule has 0 bridgehead atoms. The van der Waals surface area contributed by atoms with Crippen molar-refractivity contribution in [2.24, 2.45) is 0 Å². The Hall–Kier alpha value is -1.08. The zero-order valence-corrected chi connectivity index (χ0v) is 9.05. The third-order valence-corrected chi connectivity index (χ3v) is 2.05. The summed E-state index contributed by atoms with van der Waals surface area (Å²) < 4.78 is 0. The van der Waals surface area contributed by atoms with Crippen molar-refractivity contribution >= 4 is 5.91 Å². The number of hydrogen-bond donors (Lipinski definition) is 1. The minimum absolute atomic E-state index is 0.180. The summed E-state index contributed by atoms with van der Waals surface area (Å²) in [6.45, 7) is 6.83. The van der Waals surface area contributed by atoms with E-state index in [1.807, 2.05) is 24.8 Å². The van der Waals surface area contributed by atoms with Gasteiger partial charge in [-0.05, 0) is 13.8 Å². The Labute approximate surface area is 85.9 Å². The second-order valence-corrected chi connectivity index (χ2v) is 2.97. The lowest BCUT2D eigenvalue weighted by Gasteiger charge is -2.18. The van der Waals surface area contributed by atoms with E-state index in [-0.39, 0.29) is 5.91 Å². The first-order valence-corrected chi connectivity index (χ1v) is 5.11. The molecule has 0 radical (unpaired) electrons. The fourth-order valence-electron chi connectivity index (χ4n) is 1.20. The first-order chi connectivity index (χ1) is 6.76. The van der Waals surface area contributed by atoms with Crippen molar-refractivity contribution in [3.05, 3.63) is 0 Å². The summed E-state index contributed by atoms with van der Waals surface area (Å²) in [5.41, 5.74) is 0. The Morgan fingerprint density at radius 3 is 2.50 bits per heavy atom. The quantitative estimate of drug-likeness (QED) is 0.613. The fourth-order valence-corrected chi connectivity index (χ4v) is 1.20. The van der Waals surface area contributed by atoms with Crippen molar-refractivity contribution in [3.8, 4) is 6.07 Å². The van der Waals surface area contributed by atoms with Gasteiger partial charge in [-0.3, -0.25) is 4.79 Å². The highest BCUT2D eigenvalue weighted by Gasteiger charge is 2.07. The monoisotopic (exact) mass is 197 g/mol. The Bertz CT molecular complexity index is 194. The molecule has 0 aromatic heterocycles. The van der Waals surface area contributed by atoms with E-state index in [4.69, 9.17) is 5.26 Å². The second-order valence-electron chi connectivity index (χ2n) is 2.97. The molecule has 0 aliphatic rings. The SMILES string of the molecule is CCN(CC)C(=O)CCNCCC#N. The van der Waals surface area contributed by atoms with Crippen molar-refractivity contribution < 1.29 is 4.79 Å². The molecule has 0 spiro atoms. The number of rotatable bonds is 7. The second kappa shape index (κ2) is 8.52. The molecule has 0 aliphatic heterocycles. The van der Waals surface area contributed by atoms with E-state index < -0.39 is 0 Å². The van der Waals surface area contributed by atoms with Gasteiger partial charge in [-0.25, -0.2) is 0 Å². The number of carbonyl (C=O) groups is 1. The molecule has 0 heterocycles. The van der Waals surface area contributed by atoms with Gasteiger partial charge in [0.25, 0.3) is 0 Å². The van der Waals surface area contributed by atoms with Crippen LogP contribution in [0.5, 0.6) is 0 Å². The van der Waals surface area contributed by atoms with E-state index in [9.17, 15) is 4.79 Å². The number of nitriles is 1. The number of carbonyl (C=O) groups excluding carboxylic acids is 1. The summed E-state index contributed by atoms with van der Waals surface area (Å²) >= 11 is 0.